The van der Waals surface area contributed by atoms with Crippen LogP contribution in [0.3, 0.4) is 0 Å². The predicted molar refractivity (Wildman–Crippen MR) is 146 cm³/mol. The second-order valence-corrected chi connectivity index (χ2v) is 8.70. The highest BCUT2D eigenvalue weighted by molar-refractivity contribution is 6.41. The Bertz CT molecular complexity index is 1910. The number of aromatic amines is 1. The maximum atomic E-state index is 12.8. The Labute approximate surface area is 218 Å². The van der Waals surface area contributed by atoms with Crippen LogP contribution in [0.2, 0.25) is 0 Å². The summed E-state index contributed by atoms with van der Waals surface area (Å²) in [6.07, 6.45) is 4.39. The summed E-state index contributed by atoms with van der Waals surface area (Å²) in [5.41, 5.74) is 2.03. The van der Waals surface area contributed by atoms with Gasteiger partial charge in [0.2, 0.25) is 5.78 Å². The molecule has 3 heterocycles. The van der Waals surface area contributed by atoms with Crippen LogP contribution in [0.15, 0.2) is 79.4 Å². The minimum atomic E-state index is -0.576. The minimum Gasteiger partial charge on any atom is -0.312 e. The van der Waals surface area contributed by atoms with Crippen LogP contribution in [-0.2, 0) is 14.1 Å². The van der Waals surface area contributed by atoms with E-state index in [9.17, 15) is 19.7 Å². The van der Waals surface area contributed by atoms with Crippen molar-refractivity contribution in [2.45, 2.75) is 0 Å². The van der Waals surface area contributed by atoms with Crippen LogP contribution in [0.25, 0.3) is 34.3 Å². The molecule has 0 unspecified atom stereocenters. The Balaban J connectivity index is 1.59. The number of benzene rings is 2. The third-order valence-corrected chi connectivity index (χ3v) is 6.11. The van der Waals surface area contributed by atoms with E-state index in [2.05, 4.69) is 20.2 Å². The number of allylic oxidation sites excluding steroid dienone is 1. The van der Waals surface area contributed by atoms with E-state index in [1.54, 1.807) is 29.7 Å². The summed E-state index contributed by atoms with van der Waals surface area (Å²) >= 11 is 6.25. The molecule has 0 aliphatic rings. The number of hydrogen-bond acceptors (Lipinski definition) is 7. The van der Waals surface area contributed by atoms with Gasteiger partial charge in [0.1, 0.15) is 0 Å². The molecule has 1 N–H and O–H groups in total. The third kappa shape index (κ3) is 4.33. The smallest absolute Gasteiger partial charge is 0.312 e. The molecule has 3 aromatic heterocycles. The predicted octanol–water partition coefficient (Wildman–Crippen LogP) is 3.47. The van der Waals surface area contributed by atoms with Gasteiger partial charge in [-0.3, -0.25) is 28.9 Å². The van der Waals surface area contributed by atoms with Crippen molar-refractivity contribution in [1.82, 2.24) is 23.5 Å². The first kappa shape index (κ1) is 24.6. The molecule has 2 aromatic carbocycles. The van der Waals surface area contributed by atoms with Crippen molar-refractivity contribution in [3.8, 4) is 11.3 Å². The number of imidazole rings is 2. The van der Waals surface area contributed by atoms with E-state index in [-0.39, 0.29) is 21.9 Å². The van der Waals surface area contributed by atoms with E-state index in [0.29, 0.717) is 17.0 Å². The fourth-order valence-corrected chi connectivity index (χ4v) is 4.29. The SMILES string of the molecule is Cn1c(-c2ccccc2)c(/C=N/N=C/C(Cl)=C/c2ccc([N+](=O)[O-])cc2)n2c3c(=O)[nH]c(=O)n(C)c3nc12. The second kappa shape index (κ2) is 9.75. The Morgan fingerprint density at radius 2 is 1.76 bits per heavy atom. The number of nitro benzene ring substituents is 1. The van der Waals surface area contributed by atoms with E-state index in [1.165, 1.54) is 36.2 Å². The molecule has 0 saturated carbocycles. The highest BCUT2D eigenvalue weighted by Gasteiger charge is 2.22. The molecule has 0 saturated heterocycles. The normalized spacial score (nSPS) is 12.4. The van der Waals surface area contributed by atoms with E-state index in [1.807, 2.05) is 34.9 Å². The zero-order valence-electron chi connectivity index (χ0n) is 20.1. The van der Waals surface area contributed by atoms with Crippen LogP contribution in [0, 0.1) is 10.1 Å². The lowest BCUT2D eigenvalue weighted by Gasteiger charge is -2.05. The molecule has 0 bridgehead atoms. The van der Waals surface area contributed by atoms with Crippen molar-refractivity contribution in [1.29, 1.82) is 0 Å². The maximum Gasteiger partial charge on any atom is 0.329 e. The van der Waals surface area contributed by atoms with E-state index in [4.69, 9.17) is 11.6 Å². The minimum absolute atomic E-state index is 0.0223. The van der Waals surface area contributed by atoms with Crippen LogP contribution >= 0.6 is 11.6 Å². The first-order valence-corrected chi connectivity index (χ1v) is 11.6. The Kier molecular flexibility index (Phi) is 6.31. The van der Waals surface area contributed by atoms with Crippen molar-refractivity contribution >= 4 is 52.7 Å². The molecule has 38 heavy (non-hydrogen) atoms. The first-order chi connectivity index (χ1) is 18.3. The van der Waals surface area contributed by atoms with Gasteiger partial charge < -0.3 is 4.57 Å². The number of hydrogen-bond donors (Lipinski definition) is 1. The molecule has 13 heteroatoms. The average molecular weight is 531 g/mol. The molecule has 0 fully saturated rings. The molecule has 0 aliphatic carbocycles. The molecule has 0 spiro atoms. The van der Waals surface area contributed by atoms with Gasteiger partial charge in [-0.05, 0) is 23.8 Å². The molecule has 0 atom stereocenters. The lowest BCUT2D eigenvalue weighted by molar-refractivity contribution is -0.384. The largest absolute Gasteiger partial charge is 0.329 e. The maximum absolute atomic E-state index is 12.8. The number of aromatic nitrogens is 5. The molecule has 0 amide bonds. The fourth-order valence-electron chi connectivity index (χ4n) is 4.12. The quantitative estimate of drug-likeness (QED) is 0.203. The van der Waals surface area contributed by atoms with Gasteiger partial charge in [-0.15, -0.1) is 0 Å². The summed E-state index contributed by atoms with van der Waals surface area (Å²) in [5, 5.41) is 19.2. The molecule has 12 nitrogen and oxygen atoms in total. The van der Waals surface area contributed by atoms with Crippen LogP contribution in [0.4, 0.5) is 5.69 Å². The lowest BCUT2D eigenvalue weighted by atomic mass is 10.1. The monoisotopic (exact) mass is 530 g/mol. The summed E-state index contributed by atoms with van der Waals surface area (Å²) in [4.78, 5) is 42.1. The van der Waals surface area contributed by atoms with Gasteiger partial charge in [0, 0.05) is 31.8 Å². The number of nitro groups is 1. The third-order valence-electron chi connectivity index (χ3n) is 5.90. The van der Waals surface area contributed by atoms with E-state index in [0.717, 1.165) is 11.3 Å². The molecule has 0 aliphatic heterocycles. The molecule has 0 radical (unpaired) electrons. The van der Waals surface area contributed by atoms with Crippen molar-refractivity contribution < 1.29 is 4.92 Å². The summed E-state index contributed by atoms with van der Waals surface area (Å²) in [7, 11) is 3.34. The fraction of sp³-hybridized carbons (Fsp3) is 0.0800. The highest BCUT2D eigenvalue weighted by Crippen LogP contribution is 2.28. The van der Waals surface area contributed by atoms with Crippen molar-refractivity contribution in [2.75, 3.05) is 0 Å². The van der Waals surface area contributed by atoms with Crippen LogP contribution in [0.5, 0.6) is 0 Å². The van der Waals surface area contributed by atoms with Gasteiger partial charge in [-0.2, -0.15) is 15.2 Å². The van der Waals surface area contributed by atoms with Gasteiger partial charge in [0.05, 0.1) is 33.8 Å². The Hall–Kier alpha value is -5.10. The molecule has 5 rings (SSSR count). The average Bonchev–Trinajstić information content (AvgIpc) is 3.42. The van der Waals surface area contributed by atoms with Gasteiger partial charge in [0.25, 0.3) is 11.2 Å². The topological polar surface area (TPSA) is 145 Å². The number of rotatable bonds is 6. The number of aryl methyl sites for hydroxylation is 2. The van der Waals surface area contributed by atoms with Gasteiger partial charge >= 0.3 is 5.69 Å². The van der Waals surface area contributed by atoms with E-state index < -0.39 is 16.2 Å². The van der Waals surface area contributed by atoms with Crippen LogP contribution in [-0.4, -0.2) is 40.9 Å². The van der Waals surface area contributed by atoms with Crippen molar-refractivity contribution in [3.05, 3.63) is 102 Å². The molecular formula is C25H19ClN8O4. The summed E-state index contributed by atoms with van der Waals surface area (Å²) in [5.74, 6) is 0.437. The second-order valence-electron chi connectivity index (χ2n) is 8.26. The number of non-ortho nitro benzene ring substituents is 1. The molecular weight excluding hydrogens is 512 g/mol. The van der Waals surface area contributed by atoms with Crippen molar-refractivity contribution in [2.24, 2.45) is 24.3 Å². The summed E-state index contributed by atoms with van der Waals surface area (Å²) in [6.45, 7) is 0. The van der Waals surface area contributed by atoms with Gasteiger partial charge in [-0.1, -0.05) is 41.9 Å². The number of nitrogens with one attached hydrogen (secondary N) is 1. The number of fused-ring (bicyclic) bond motifs is 3. The standard InChI is InChI=1S/C25H19ClN8O4/c1-31-20(16-6-4-3-5-7-16)19(33-21-22(29-24(31)33)32(2)25(36)30-23(21)35)14-28-27-13-17(26)12-15-8-10-18(11-9-15)34(37)38/h3-14H,1-2H3,(H,30,35,36)/b17-12-,27-13+,28-14+. The lowest BCUT2D eigenvalue weighted by Crippen LogP contribution is -2.28. The zero-order valence-corrected chi connectivity index (χ0v) is 20.8. The Morgan fingerprint density at radius 3 is 2.45 bits per heavy atom. The zero-order chi connectivity index (χ0) is 27.0. The first-order valence-electron chi connectivity index (χ1n) is 11.2. The van der Waals surface area contributed by atoms with Gasteiger partial charge in [-0.25, -0.2) is 4.79 Å². The van der Waals surface area contributed by atoms with Crippen LogP contribution in [0.1, 0.15) is 11.3 Å². The van der Waals surface area contributed by atoms with E-state index >= 15 is 0 Å². The van der Waals surface area contributed by atoms with Crippen LogP contribution < -0.4 is 11.2 Å². The molecule has 5 aromatic rings. The van der Waals surface area contributed by atoms with Crippen molar-refractivity contribution in [3.63, 3.8) is 0 Å². The Morgan fingerprint density at radius 1 is 1.05 bits per heavy atom. The molecule has 190 valence electrons. The number of H-pyrrole nitrogens is 1. The highest BCUT2D eigenvalue weighted by atomic mass is 35.5. The number of halogens is 1. The van der Waals surface area contributed by atoms with Gasteiger partial charge in [0.15, 0.2) is 11.2 Å². The summed E-state index contributed by atoms with van der Waals surface area (Å²) in [6, 6.07) is 15.4. The summed E-state index contributed by atoms with van der Waals surface area (Å²) < 4.78 is 4.71. The number of nitrogens with zero attached hydrogens (tertiary/aromatic N) is 7.